The van der Waals surface area contributed by atoms with Gasteiger partial charge in [0.2, 0.25) is 17.5 Å². The number of halogens is 3. The van der Waals surface area contributed by atoms with Crippen LogP contribution in [0.5, 0.6) is 5.88 Å². The molecule has 32 heavy (non-hydrogen) atoms. The second kappa shape index (κ2) is 9.17. The molecule has 1 saturated carbocycles. The van der Waals surface area contributed by atoms with Gasteiger partial charge in [-0.25, -0.2) is 4.98 Å². The highest BCUT2D eigenvalue weighted by atomic mass is 32.2. The van der Waals surface area contributed by atoms with Gasteiger partial charge in [-0.2, -0.15) is 22.7 Å². The summed E-state index contributed by atoms with van der Waals surface area (Å²) in [5.41, 5.74) is 0.888. The Bertz CT molecular complexity index is 1100. The maximum atomic E-state index is 13.5. The molecule has 1 aliphatic carbocycles. The van der Waals surface area contributed by atoms with Crippen LogP contribution in [0.15, 0.2) is 29.3 Å². The van der Waals surface area contributed by atoms with Gasteiger partial charge in [-0.1, -0.05) is 13.8 Å². The van der Waals surface area contributed by atoms with E-state index in [1.807, 2.05) is 19.1 Å². The molecule has 1 fully saturated rings. The van der Waals surface area contributed by atoms with Crippen LogP contribution in [0.4, 0.5) is 24.8 Å². The first-order chi connectivity index (χ1) is 15.2. The average molecular weight is 466 g/mol. The van der Waals surface area contributed by atoms with Crippen LogP contribution in [0.3, 0.4) is 0 Å². The monoisotopic (exact) mass is 465 g/mol. The Kier molecular flexibility index (Phi) is 6.50. The molecule has 1 N–H and O–H groups in total. The number of fused-ring (bicyclic) bond motifs is 1. The maximum Gasteiger partial charge on any atom is 0.438 e. The molecule has 2 heterocycles. The van der Waals surface area contributed by atoms with Gasteiger partial charge in [-0.05, 0) is 68.0 Å². The quantitative estimate of drug-likeness (QED) is 0.396. The fraction of sp³-hybridized carbons (Fsp3) is 0.500. The Hall–Kier alpha value is -2.49. The molecule has 0 atom stereocenters. The van der Waals surface area contributed by atoms with E-state index >= 15 is 0 Å². The maximum absolute atomic E-state index is 13.5. The standard InChI is InChI=1S/C22H26F3N5OS/c1-13(2)9-10-32-16-7-8-17(14(3)11-16)27-21-28-18-12-26-19(22(23,24)25)20(30(18)29-21)31-15-5-4-6-15/h7-8,11-13,15H,4-6,9-10H2,1-3H3,(H,27,29). The number of rotatable bonds is 8. The zero-order valence-electron chi connectivity index (χ0n) is 18.2. The minimum absolute atomic E-state index is 0.188. The summed E-state index contributed by atoms with van der Waals surface area (Å²) in [6.45, 7) is 6.38. The Balaban J connectivity index is 1.58. The summed E-state index contributed by atoms with van der Waals surface area (Å²) in [4.78, 5) is 9.05. The number of thioether (sulfide) groups is 1. The lowest BCUT2D eigenvalue weighted by molar-refractivity contribution is -0.143. The van der Waals surface area contributed by atoms with Crippen LogP contribution in [0.1, 0.15) is 50.8 Å². The van der Waals surface area contributed by atoms with Gasteiger partial charge in [-0.15, -0.1) is 16.9 Å². The number of alkyl halides is 3. The summed E-state index contributed by atoms with van der Waals surface area (Å²) in [5.74, 6) is 1.49. The van der Waals surface area contributed by atoms with Gasteiger partial charge in [0.05, 0.1) is 6.20 Å². The lowest BCUT2D eigenvalue weighted by atomic mass is 9.96. The minimum atomic E-state index is -4.65. The Morgan fingerprint density at radius 3 is 2.69 bits per heavy atom. The Labute approximate surface area is 189 Å². The van der Waals surface area contributed by atoms with Gasteiger partial charge in [0.25, 0.3) is 0 Å². The zero-order valence-corrected chi connectivity index (χ0v) is 19.1. The molecule has 0 unspecified atom stereocenters. The van der Waals surface area contributed by atoms with Crippen molar-refractivity contribution in [1.29, 1.82) is 0 Å². The number of hydrogen-bond acceptors (Lipinski definition) is 6. The summed E-state index contributed by atoms with van der Waals surface area (Å²) < 4.78 is 47.2. The molecule has 0 saturated heterocycles. The van der Waals surface area contributed by atoms with E-state index in [0.717, 1.165) is 40.6 Å². The topological polar surface area (TPSA) is 64.3 Å². The SMILES string of the molecule is Cc1cc(SCCC(C)C)ccc1Nc1nc2cnc(C(F)(F)F)c(OC3CCC3)n2n1. The van der Waals surface area contributed by atoms with Crippen LogP contribution in [0.25, 0.3) is 5.65 Å². The van der Waals surface area contributed by atoms with E-state index in [9.17, 15) is 13.2 Å². The van der Waals surface area contributed by atoms with E-state index in [4.69, 9.17) is 4.74 Å². The Morgan fingerprint density at radius 2 is 2.06 bits per heavy atom. The number of aryl methyl sites for hydroxylation is 1. The minimum Gasteiger partial charge on any atom is -0.473 e. The van der Waals surface area contributed by atoms with Gasteiger partial charge in [0, 0.05) is 10.6 Å². The smallest absolute Gasteiger partial charge is 0.438 e. The van der Waals surface area contributed by atoms with Gasteiger partial charge >= 0.3 is 6.18 Å². The van der Waals surface area contributed by atoms with Crippen molar-refractivity contribution >= 4 is 29.0 Å². The van der Waals surface area contributed by atoms with Crippen molar-refractivity contribution in [3.63, 3.8) is 0 Å². The van der Waals surface area contributed by atoms with Crippen LogP contribution >= 0.6 is 11.8 Å². The normalized spacial score (nSPS) is 14.7. The highest BCUT2D eigenvalue weighted by Crippen LogP contribution is 2.37. The van der Waals surface area contributed by atoms with E-state index in [0.29, 0.717) is 18.8 Å². The average Bonchev–Trinajstić information content (AvgIpc) is 3.08. The summed E-state index contributed by atoms with van der Waals surface area (Å²) in [5, 5.41) is 7.36. The number of aromatic nitrogens is 4. The van der Waals surface area contributed by atoms with Gasteiger partial charge in [-0.3, -0.25) is 0 Å². The first-order valence-corrected chi connectivity index (χ1v) is 11.7. The zero-order chi connectivity index (χ0) is 22.9. The number of hydrogen-bond donors (Lipinski definition) is 1. The van der Waals surface area contributed by atoms with Crippen molar-refractivity contribution in [1.82, 2.24) is 19.6 Å². The molecule has 0 amide bonds. The van der Waals surface area contributed by atoms with Crippen LogP contribution < -0.4 is 10.1 Å². The van der Waals surface area contributed by atoms with Gasteiger partial charge < -0.3 is 10.1 Å². The predicted molar refractivity (Wildman–Crippen MR) is 119 cm³/mol. The molecule has 6 nitrogen and oxygen atoms in total. The van der Waals surface area contributed by atoms with E-state index in [2.05, 4.69) is 40.3 Å². The number of benzene rings is 1. The van der Waals surface area contributed by atoms with Gasteiger partial charge in [0.1, 0.15) is 6.10 Å². The summed E-state index contributed by atoms with van der Waals surface area (Å²) in [6, 6.07) is 6.03. The number of ether oxygens (including phenoxy) is 1. The van der Waals surface area contributed by atoms with Crippen LogP contribution in [0.2, 0.25) is 0 Å². The third-order valence-electron chi connectivity index (χ3n) is 5.34. The lowest BCUT2D eigenvalue weighted by Gasteiger charge is -2.27. The van der Waals surface area contributed by atoms with Gasteiger partial charge in [0.15, 0.2) is 5.65 Å². The second-order valence-electron chi connectivity index (χ2n) is 8.42. The molecule has 4 rings (SSSR count). The predicted octanol–water partition coefficient (Wildman–Crippen LogP) is 6.26. The van der Waals surface area contributed by atoms with Crippen LogP contribution in [0, 0.1) is 12.8 Å². The van der Waals surface area contributed by atoms with Crippen molar-refractivity contribution < 1.29 is 17.9 Å². The molecule has 0 spiro atoms. The van der Waals surface area contributed by atoms with E-state index < -0.39 is 17.8 Å². The summed E-state index contributed by atoms with van der Waals surface area (Å²) in [7, 11) is 0. The molecule has 0 aliphatic heterocycles. The molecule has 0 radical (unpaired) electrons. The largest absolute Gasteiger partial charge is 0.473 e. The molecule has 1 aromatic carbocycles. The molecule has 0 bridgehead atoms. The molecule has 2 aromatic heterocycles. The molecule has 10 heteroatoms. The highest BCUT2D eigenvalue weighted by molar-refractivity contribution is 7.99. The van der Waals surface area contributed by atoms with Crippen LogP contribution in [-0.2, 0) is 6.18 Å². The van der Waals surface area contributed by atoms with Crippen LogP contribution in [-0.4, -0.2) is 31.4 Å². The number of nitrogens with one attached hydrogen (secondary N) is 1. The molecular formula is C22H26F3N5OS. The molecular weight excluding hydrogens is 439 g/mol. The fourth-order valence-corrected chi connectivity index (χ4v) is 4.48. The second-order valence-corrected chi connectivity index (χ2v) is 9.59. The van der Waals surface area contributed by atoms with Crippen molar-refractivity contribution in [2.75, 3.05) is 11.1 Å². The van der Waals surface area contributed by atoms with Crippen molar-refractivity contribution in [3.8, 4) is 5.88 Å². The number of nitrogens with zero attached hydrogens (tertiary/aromatic N) is 4. The van der Waals surface area contributed by atoms with E-state index in [1.165, 1.54) is 4.90 Å². The molecule has 1 aliphatic rings. The summed E-state index contributed by atoms with van der Waals surface area (Å²) >= 11 is 1.81. The fourth-order valence-electron chi connectivity index (χ4n) is 3.23. The number of anilines is 2. The lowest BCUT2D eigenvalue weighted by Crippen LogP contribution is -2.27. The first kappa shape index (κ1) is 22.7. The third kappa shape index (κ3) is 5.11. The summed E-state index contributed by atoms with van der Waals surface area (Å²) in [6.07, 6.45) is -0.323. The molecule has 172 valence electrons. The van der Waals surface area contributed by atoms with Crippen molar-refractivity contribution in [2.45, 2.75) is 63.6 Å². The first-order valence-electron chi connectivity index (χ1n) is 10.7. The van der Waals surface area contributed by atoms with E-state index in [-0.39, 0.29) is 17.7 Å². The van der Waals surface area contributed by atoms with E-state index in [1.54, 1.807) is 11.8 Å². The Morgan fingerprint density at radius 1 is 1.28 bits per heavy atom. The highest BCUT2D eigenvalue weighted by Gasteiger charge is 2.39. The molecule has 3 aromatic rings. The van der Waals surface area contributed by atoms with Crippen molar-refractivity contribution in [3.05, 3.63) is 35.7 Å². The van der Waals surface area contributed by atoms with Crippen molar-refractivity contribution in [2.24, 2.45) is 5.92 Å². The third-order valence-corrected chi connectivity index (χ3v) is 6.37.